The van der Waals surface area contributed by atoms with E-state index >= 15 is 0 Å². The van der Waals surface area contributed by atoms with Crippen molar-refractivity contribution in [1.82, 2.24) is 14.4 Å². The van der Waals surface area contributed by atoms with Crippen LogP contribution in [0.3, 0.4) is 0 Å². The first-order valence-electron chi connectivity index (χ1n) is 7.68. The highest BCUT2D eigenvalue weighted by molar-refractivity contribution is 7.92. The summed E-state index contributed by atoms with van der Waals surface area (Å²) in [6.07, 6.45) is 3.13. The third-order valence-electron chi connectivity index (χ3n) is 3.95. The predicted octanol–water partition coefficient (Wildman–Crippen LogP) is 4.28. The van der Waals surface area contributed by atoms with Gasteiger partial charge in [0.05, 0.1) is 23.7 Å². The van der Waals surface area contributed by atoms with Gasteiger partial charge in [-0.25, -0.2) is 18.4 Å². The fourth-order valence-corrected chi connectivity index (χ4v) is 4.28. The van der Waals surface area contributed by atoms with Crippen molar-refractivity contribution in [1.29, 1.82) is 0 Å². The molecule has 3 rings (SSSR count). The van der Waals surface area contributed by atoms with Gasteiger partial charge in [-0.1, -0.05) is 23.2 Å². The lowest BCUT2D eigenvalue weighted by Gasteiger charge is -2.21. The van der Waals surface area contributed by atoms with Gasteiger partial charge >= 0.3 is 0 Å². The van der Waals surface area contributed by atoms with Gasteiger partial charge in [-0.3, -0.25) is 4.40 Å². The molecule has 138 valence electrons. The molecule has 9 heteroatoms. The number of sulfone groups is 1. The zero-order valence-electron chi connectivity index (χ0n) is 14.6. The monoisotopic (exact) mass is 413 g/mol. The van der Waals surface area contributed by atoms with Crippen LogP contribution in [0.4, 0.5) is 0 Å². The van der Waals surface area contributed by atoms with Crippen LogP contribution in [-0.2, 0) is 9.84 Å². The number of nitrogens with zero attached hydrogens (tertiary/aromatic N) is 3. The molecule has 0 aliphatic heterocycles. The molecule has 0 unspecified atom stereocenters. The summed E-state index contributed by atoms with van der Waals surface area (Å²) in [6.45, 7) is 4.93. The molecule has 6 nitrogen and oxygen atoms in total. The van der Waals surface area contributed by atoms with Gasteiger partial charge in [0.2, 0.25) is 0 Å². The summed E-state index contributed by atoms with van der Waals surface area (Å²) < 4.78 is 32.0. The minimum absolute atomic E-state index is 0.0884. The number of ether oxygens (including phenoxy) is 1. The Morgan fingerprint density at radius 1 is 1.12 bits per heavy atom. The smallest absolute Gasteiger partial charge is 0.188 e. The van der Waals surface area contributed by atoms with E-state index in [1.54, 1.807) is 49.6 Å². The average molecular weight is 414 g/mol. The molecule has 0 aromatic carbocycles. The van der Waals surface area contributed by atoms with Crippen molar-refractivity contribution in [3.8, 4) is 17.0 Å². The summed E-state index contributed by atoms with van der Waals surface area (Å²) in [5.41, 5.74) is 1.85. The van der Waals surface area contributed by atoms with Crippen LogP contribution in [-0.4, -0.2) is 34.6 Å². The summed E-state index contributed by atoms with van der Waals surface area (Å²) in [4.78, 5) is 8.34. The molecular formula is C17H17Cl2N3O3S. The third-order valence-corrected chi connectivity index (χ3v) is 6.83. The van der Waals surface area contributed by atoms with Crippen molar-refractivity contribution in [2.24, 2.45) is 0 Å². The lowest BCUT2D eigenvalue weighted by molar-refractivity contribution is 0.401. The first-order chi connectivity index (χ1) is 12.0. The number of hydrogen-bond donors (Lipinski definition) is 0. The summed E-state index contributed by atoms with van der Waals surface area (Å²) in [7, 11) is -2.21. The van der Waals surface area contributed by atoms with Gasteiger partial charge in [0.1, 0.15) is 26.6 Å². The number of fused-ring (bicyclic) bond motifs is 1. The molecule has 0 atom stereocenters. The molecule has 26 heavy (non-hydrogen) atoms. The minimum Gasteiger partial charge on any atom is -0.495 e. The third kappa shape index (κ3) is 3.15. The van der Waals surface area contributed by atoms with E-state index in [1.807, 2.05) is 0 Å². The number of imidazole rings is 1. The lowest BCUT2D eigenvalue weighted by Crippen LogP contribution is -2.28. The van der Waals surface area contributed by atoms with Crippen molar-refractivity contribution >= 4 is 38.7 Å². The number of pyridine rings is 2. The molecule has 0 bridgehead atoms. The Labute approximate surface area is 161 Å². The molecule has 3 heterocycles. The van der Waals surface area contributed by atoms with Crippen LogP contribution in [0.2, 0.25) is 10.3 Å². The van der Waals surface area contributed by atoms with Gasteiger partial charge < -0.3 is 4.74 Å². The van der Waals surface area contributed by atoms with Crippen molar-refractivity contribution in [3.05, 3.63) is 40.9 Å². The van der Waals surface area contributed by atoms with Crippen LogP contribution in [0.5, 0.6) is 5.75 Å². The van der Waals surface area contributed by atoms with E-state index in [-0.39, 0.29) is 21.0 Å². The average Bonchev–Trinajstić information content (AvgIpc) is 2.94. The zero-order valence-corrected chi connectivity index (χ0v) is 16.9. The second kappa shape index (κ2) is 6.40. The van der Waals surface area contributed by atoms with Crippen LogP contribution in [0.15, 0.2) is 35.5 Å². The Kier molecular flexibility index (Phi) is 4.67. The van der Waals surface area contributed by atoms with E-state index in [0.29, 0.717) is 16.9 Å². The highest BCUT2D eigenvalue weighted by Gasteiger charge is 2.34. The first-order valence-corrected chi connectivity index (χ1v) is 9.91. The quantitative estimate of drug-likeness (QED) is 0.598. The van der Waals surface area contributed by atoms with Gasteiger partial charge in [-0.2, -0.15) is 0 Å². The predicted molar refractivity (Wildman–Crippen MR) is 102 cm³/mol. The first kappa shape index (κ1) is 18.9. The van der Waals surface area contributed by atoms with E-state index in [9.17, 15) is 8.42 Å². The van der Waals surface area contributed by atoms with Crippen molar-refractivity contribution < 1.29 is 13.2 Å². The molecule has 3 aromatic rings. The van der Waals surface area contributed by atoms with Gasteiger partial charge in [-0.05, 0) is 32.9 Å². The molecule has 0 aliphatic carbocycles. The standard InChI is InChI=1S/C17H17Cl2N3O3S/c1-17(2,3)26(23,24)13-9-22-11(8-20-16(22)7-12(13)25-4)10-5-14(18)21-15(19)6-10/h5-9H,1-4H3. The largest absolute Gasteiger partial charge is 0.495 e. The summed E-state index contributed by atoms with van der Waals surface area (Å²) >= 11 is 12.0. The molecule has 0 fully saturated rings. The fraction of sp³-hybridized carbons (Fsp3) is 0.294. The summed E-state index contributed by atoms with van der Waals surface area (Å²) in [5.74, 6) is 0.246. The molecule has 0 aliphatic rings. The SMILES string of the molecule is COc1cc2ncc(-c3cc(Cl)nc(Cl)c3)n2cc1S(=O)(=O)C(C)(C)C. The summed E-state index contributed by atoms with van der Waals surface area (Å²) in [5, 5.41) is 0.469. The Morgan fingerprint density at radius 3 is 2.27 bits per heavy atom. The van der Waals surface area contributed by atoms with E-state index in [2.05, 4.69) is 9.97 Å². The number of aromatic nitrogens is 3. The number of hydrogen-bond acceptors (Lipinski definition) is 5. The van der Waals surface area contributed by atoms with Gasteiger partial charge in [0.25, 0.3) is 0 Å². The molecule has 0 radical (unpaired) electrons. The molecule has 0 saturated heterocycles. The Hall–Kier alpha value is -1.83. The number of rotatable bonds is 3. The van der Waals surface area contributed by atoms with Crippen LogP contribution >= 0.6 is 23.2 Å². The van der Waals surface area contributed by atoms with E-state index in [0.717, 1.165) is 0 Å². The van der Waals surface area contributed by atoms with Crippen LogP contribution in [0, 0.1) is 0 Å². The van der Waals surface area contributed by atoms with Gasteiger partial charge in [-0.15, -0.1) is 0 Å². The van der Waals surface area contributed by atoms with Crippen LogP contribution < -0.4 is 4.74 Å². The molecule has 0 N–H and O–H groups in total. The Morgan fingerprint density at radius 2 is 1.73 bits per heavy atom. The van der Waals surface area contributed by atoms with E-state index in [1.165, 1.54) is 13.3 Å². The molecule has 0 amide bonds. The van der Waals surface area contributed by atoms with Crippen molar-refractivity contribution in [3.63, 3.8) is 0 Å². The summed E-state index contributed by atoms with van der Waals surface area (Å²) in [6, 6.07) is 4.87. The second-order valence-corrected chi connectivity index (χ2v) is 10.1. The van der Waals surface area contributed by atoms with Crippen molar-refractivity contribution in [2.75, 3.05) is 7.11 Å². The number of methoxy groups -OCH3 is 1. The van der Waals surface area contributed by atoms with Crippen LogP contribution in [0.25, 0.3) is 16.9 Å². The Bertz CT molecular complexity index is 1080. The van der Waals surface area contributed by atoms with E-state index in [4.69, 9.17) is 27.9 Å². The molecular weight excluding hydrogens is 397 g/mol. The maximum absolute atomic E-state index is 13.0. The molecule has 0 saturated carbocycles. The Balaban J connectivity index is 2.32. The molecule has 0 spiro atoms. The zero-order chi connectivity index (χ0) is 19.3. The highest BCUT2D eigenvalue weighted by Crippen LogP contribution is 2.34. The van der Waals surface area contributed by atoms with Crippen molar-refractivity contribution in [2.45, 2.75) is 30.4 Å². The fourth-order valence-electron chi connectivity index (χ4n) is 2.50. The highest BCUT2D eigenvalue weighted by atomic mass is 35.5. The van der Waals surface area contributed by atoms with Gasteiger partial charge in [0, 0.05) is 17.8 Å². The van der Waals surface area contributed by atoms with Gasteiger partial charge in [0.15, 0.2) is 9.84 Å². The lowest BCUT2D eigenvalue weighted by atomic mass is 10.2. The van der Waals surface area contributed by atoms with Crippen LogP contribution in [0.1, 0.15) is 20.8 Å². The second-order valence-electron chi connectivity index (χ2n) is 6.69. The molecule has 3 aromatic heterocycles. The topological polar surface area (TPSA) is 73.6 Å². The van der Waals surface area contributed by atoms with E-state index < -0.39 is 14.6 Å². The minimum atomic E-state index is -3.64. The maximum atomic E-state index is 13.0. The normalized spacial score (nSPS) is 12.5. The maximum Gasteiger partial charge on any atom is 0.188 e. The number of halogens is 2.